The van der Waals surface area contributed by atoms with E-state index in [4.69, 9.17) is 4.98 Å². The first-order valence-corrected chi connectivity index (χ1v) is 12.1. The summed E-state index contributed by atoms with van der Waals surface area (Å²) >= 11 is 1.41. The van der Waals surface area contributed by atoms with Gasteiger partial charge in [0.15, 0.2) is 5.16 Å². The van der Waals surface area contributed by atoms with Crippen molar-refractivity contribution < 1.29 is 4.79 Å². The summed E-state index contributed by atoms with van der Waals surface area (Å²) in [5.41, 5.74) is 0.750. The van der Waals surface area contributed by atoms with Crippen molar-refractivity contribution in [1.82, 2.24) is 14.9 Å². The molecule has 156 valence electrons. The Morgan fingerprint density at radius 1 is 1.10 bits per heavy atom. The molecule has 6 heteroatoms. The topological polar surface area (TPSA) is 64.0 Å². The summed E-state index contributed by atoms with van der Waals surface area (Å²) in [7, 11) is 0. The van der Waals surface area contributed by atoms with Crippen molar-refractivity contribution in [1.29, 1.82) is 0 Å². The van der Waals surface area contributed by atoms with Crippen LogP contribution in [-0.4, -0.2) is 27.3 Å². The van der Waals surface area contributed by atoms with Crippen LogP contribution in [0.5, 0.6) is 0 Å². The maximum atomic E-state index is 13.3. The van der Waals surface area contributed by atoms with Crippen LogP contribution >= 0.6 is 11.8 Å². The molecule has 2 unspecified atom stereocenters. The average molecular weight is 414 g/mol. The zero-order valence-electron chi connectivity index (χ0n) is 17.2. The van der Waals surface area contributed by atoms with Gasteiger partial charge in [0.2, 0.25) is 5.91 Å². The van der Waals surface area contributed by atoms with Gasteiger partial charge >= 0.3 is 0 Å². The van der Waals surface area contributed by atoms with Crippen LogP contribution in [0.2, 0.25) is 0 Å². The lowest BCUT2D eigenvalue weighted by Gasteiger charge is -2.29. The van der Waals surface area contributed by atoms with Crippen molar-refractivity contribution >= 4 is 28.6 Å². The molecule has 5 nitrogen and oxygen atoms in total. The van der Waals surface area contributed by atoms with Crippen molar-refractivity contribution in [3.8, 4) is 0 Å². The molecule has 1 aromatic carbocycles. The Hall–Kier alpha value is -1.82. The number of hydrogen-bond acceptors (Lipinski definition) is 4. The summed E-state index contributed by atoms with van der Waals surface area (Å²) in [5.74, 6) is 0.893. The van der Waals surface area contributed by atoms with E-state index in [9.17, 15) is 9.59 Å². The molecular weight excluding hydrogens is 382 g/mol. The zero-order valence-corrected chi connectivity index (χ0v) is 18.0. The first-order valence-electron chi connectivity index (χ1n) is 11.1. The minimum absolute atomic E-state index is 0.0336. The number of carbonyl (C=O) groups is 1. The Bertz CT molecular complexity index is 920. The second-order valence-electron chi connectivity index (χ2n) is 8.60. The molecule has 1 amide bonds. The van der Waals surface area contributed by atoms with Gasteiger partial charge in [-0.15, -0.1) is 0 Å². The molecule has 2 aliphatic rings. The largest absolute Gasteiger partial charge is 0.352 e. The van der Waals surface area contributed by atoms with E-state index in [1.807, 2.05) is 28.8 Å². The SMILES string of the molecule is CC1CCCCC1NC(=O)CSc1nc2ccccc2c(=O)n1C1CCCCC1. The van der Waals surface area contributed by atoms with Gasteiger partial charge in [-0.1, -0.05) is 62.9 Å². The van der Waals surface area contributed by atoms with Gasteiger partial charge in [0.1, 0.15) is 0 Å². The molecule has 2 aromatic rings. The highest BCUT2D eigenvalue weighted by atomic mass is 32.2. The normalized spacial score (nSPS) is 23.2. The lowest BCUT2D eigenvalue weighted by Crippen LogP contribution is -2.42. The van der Waals surface area contributed by atoms with Gasteiger partial charge in [-0.3, -0.25) is 14.2 Å². The number of fused-ring (bicyclic) bond motifs is 1. The standard InChI is InChI=1S/C23H31N3O2S/c1-16-9-5-7-13-19(16)24-21(27)15-29-23-25-20-14-8-6-12-18(20)22(28)26(23)17-10-3-2-4-11-17/h6,8,12,14,16-17,19H,2-5,7,9-11,13,15H2,1H3,(H,24,27). The quantitative estimate of drug-likeness (QED) is 0.571. The number of rotatable bonds is 5. The number of aromatic nitrogens is 2. The fourth-order valence-corrected chi connectivity index (χ4v) is 5.68. The smallest absolute Gasteiger partial charge is 0.262 e. The Balaban J connectivity index is 1.55. The summed E-state index contributed by atoms with van der Waals surface area (Å²) in [6.45, 7) is 2.23. The molecule has 2 aliphatic carbocycles. The number of nitrogens with one attached hydrogen (secondary N) is 1. The van der Waals surface area contributed by atoms with E-state index in [2.05, 4.69) is 12.2 Å². The summed E-state index contributed by atoms with van der Waals surface area (Å²) < 4.78 is 1.88. The molecule has 1 aromatic heterocycles. The van der Waals surface area contributed by atoms with Crippen molar-refractivity contribution in [2.45, 2.75) is 82.0 Å². The number of carbonyl (C=O) groups excluding carboxylic acids is 1. The second-order valence-corrected chi connectivity index (χ2v) is 9.55. The Morgan fingerprint density at radius 3 is 2.62 bits per heavy atom. The zero-order chi connectivity index (χ0) is 20.2. The second kappa shape index (κ2) is 9.33. The maximum absolute atomic E-state index is 13.3. The van der Waals surface area contributed by atoms with Crippen LogP contribution in [-0.2, 0) is 4.79 Å². The first-order chi connectivity index (χ1) is 14.1. The number of benzene rings is 1. The molecule has 0 spiro atoms. The van der Waals surface area contributed by atoms with Gasteiger partial charge in [-0.05, 0) is 43.7 Å². The van der Waals surface area contributed by atoms with Crippen molar-refractivity contribution in [2.75, 3.05) is 5.75 Å². The number of hydrogen-bond donors (Lipinski definition) is 1. The molecule has 2 fully saturated rings. The van der Waals surface area contributed by atoms with E-state index < -0.39 is 0 Å². The molecule has 1 N–H and O–H groups in total. The third-order valence-corrected chi connectivity index (χ3v) is 7.46. The summed E-state index contributed by atoms with van der Waals surface area (Å²) in [4.78, 5) is 30.7. The minimum atomic E-state index is 0.0336. The van der Waals surface area contributed by atoms with E-state index in [0.717, 1.165) is 32.1 Å². The van der Waals surface area contributed by atoms with Gasteiger partial charge in [0.25, 0.3) is 5.56 Å². The third-order valence-electron chi connectivity index (χ3n) is 6.51. The van der Waals surface area contributed by atoms with Gasteiger partial charge in [0.05, 0.1) is 16.7 Å². The minimum Gasteiger partial charge on any atom is -0.352 e. The summed E-state index contributed by atoms with van der Waals surface area (Å²) in [6.07, 6.45) is 10.3. The number of amides is 1. The predicted molar refractivity (Wildman–Crippen MR) is 118 cm³/mol. The molecule has 0 aliphatic heterocycles. The van der Waals surface area contributed by atoms with Gasteiger partial charge in [0, 0.05) is 12.1 Å². The molecule has 0 bridgehead atoms. The summed E-state index contributed by atoms with van der Waals surface area (Å²) in [6, 6.07) is 8.01. The number of thioether (sulfide) groups is 1. The first kappa shape index (κ1) is 20.5. The van der Waals surface area contributed by atoms with Crippen LogP contribution in [0.15, 0.2) is 34.2 Å². The highest BCUT2D eigenvalue weighted by Gasteiger charge is 2.25. The maximum Gasteiger partial charge on any atom is 0.262 e. The predicted octanol–water partition coefficient (Wildman–Crippen LogP) is 4.69. The van der Waals surface area contributed by atoms with Crippen LogP contribution in [0.1, 0.15) is 70.8 Å². The number of nitrogens with zero attached hydrogens (tertiary/aromatic N) is 2. The Morgan fingerprint density at radius 2 is 1.83 bits per heavy atom. The molecule has 0 radical (unpaired) electrons. The molecular formula is C23H31N3O2S. The molecule has 0 saturated heterocycles. The fraction of sp³-hybridized carbons (Fsp3) is 0.609. The van der Waals surface area contributed by atoms with Gasteiger partial charge in [-0.2, -0.15) is 0 Å². The highest BCUT2D eigenvalue weighted by molar-refractivity contribution is 7.99. The molecule has 4 rings (SSSR count). The molecule has 2 saturated carbocycles. The van der Waals surface area contributed by atoms with Crippen LogP contribution in [0.25, 0.3) is 10.9 Å². The van der Waals surface area contributed by atoms with E-state index in [0.29, 0.717) is 27.7 Å². The van der Waals surface area contributed by atoms with E-state index in [1.165, 1.54) is 37.4 Å². The van der Waals surface area contributed by atoms with Gasteiger partial charge < -0.3 is 5.32 Å². The van der Waals surface area contributed by atoms with Crippen LogP contribution in [0.4, 0.5) is 0 Å². The van der Waals surface area contributed by atoms with Crippen LogP contribution in [0.3, 0.4) is 0 Å². The average Bonchev–Trinajstić information content (AvgIpc) is 2.75. The lowest BCUT2D eigenvalue weighted by atomic mass is 9.86. The third kappa shape index (κ3) is 4.68. The van der Waals surface area contributed by atoms with E-state index >= 15 is 0 Å². The van der Waals surface area contributed by atoms with Crippen LogP contribution < -0.4 is 10.9 Å². The van der Waals surface area contributed by atoms with Crippen LogP contribution in [0, 0.1) is 5.92 Å². The van der Waals surface area contributed by atoms with Gasteiger partial charge in [-0.25, -0.2) is 4.98 Å². The molecule has 2 atom stereocenters. The molecule has 1 heterocycles. The monoisotopic (exact) mass is 413 g/mol. The molecule has 29 heavy (non-hydrogen) atoms. The lowest BCUT2D eigenvalue weighted by molar-refractivity contribution is -0.119. The van der Waals surface area contributed by atoms with E-state index in [-0.39, 0.29) is 23.6 Å². The van der Waals surface area contributed by atoms with Crippen molar-refractivity contribution in [3.05, 3.63) is 34.6 Å². The Labute approximate surface area is 176 Å². The summed E-state index contributed by atoms with van der Waals surface area (Å²) in [5, 5.41) is 4.57. The number of para-hydroxylation sites is 1. The van der Waals surface area contributed by atoms with Crippen molar-refractivity contribution in [2.24, 2.45) is 5.92 Å². The highest BCUT2D eigenvalue weighted by Crippen LogP contribution is 2.31. The van der Waals surface area contributed by atoms with Crippen molar-refractivity contribution in [3.63, 3.8) is 0 Å². The Kier molecular flexibility index (Phi) is 6.58. The fourth-order valence-electron chi connectivity index (χ4n) is 4.80. The van der Waals surface area contributed by atoms with E-state index in [1.54, 1.807) is 0 Å².